The number of ether oxygens (including phenoxy) is 1. The number of nitro benzene ring substituents is 1. The molecule has 6 heteroatoms. The van der Waals surface area contributed by atoms with Gasteiger partial charge in [-0.05, 0) is 26.2 Å². The van der Waals surface area contributed by atoms with Crippen molar-refractivity contribution < 1.29 is 14.5 Å². The van der Waals surface area contributed by atoms with Crippen LogP contribution < -0.4 is 9.64 Å². The summed E-state index contributed by atoms with van der Waals surface area (Å²) in [5.74, 6) is 0.465. The molecule has 0 aliphatic carbocycles. The number of hydrogen-bond donors (Lipinski definition) is 0. The zero-order valence-electron chi connectivity index (χ0n) is 11.4. The summed E-state index contributed by atoms with van der Waals surface area (Å²) in [5, 5.41) is 11.0. The predicted octanol–water partition coefficient (Wildman–Crippen LogP) is 2.55. The van der Waals surface area contributed by atoms with Crippen LogP contribution in [0.2, 0.25) is 0 Å². The van der Waals surface area contributed by atoms with Gasteiger partial charge >= 0.3 is 0 Å². The molecule has 0 saturated carbocycles. The standard InChI is InChI=1S/C14H18N2O4/c1-2-20-14-8-12(7-13(9-14)16(18)19)15-6-4-3-5-11(15)10-17/h7-11H,2-6H2,1H3. The summed E-state index contributed by atoms with van der Waals surface area (Å²) in [6.45, 7) is 3.00. The van der Waals surface area contributed by atoms with Crippen molar-refractivity contribution in [3.63, 3.8) is 0 Å². The van der Waals surface area contributed by atoms with E-state index in [-0.39, 0.29) is 11.7 Å². The summed E-state index contributed by atoms with van der Waals surface area (Å²) in [6, 6.07) is 4.47. The Hall–Kier alpha value is -2.11. The molecule has 0 spiro atoms. The van der Waals surface area contributed by atoms with Gasteiger partial charge in [-0.3, -0.25) is 10.1 Å². The number of piperidine rings is 1. The third-order valence-electron chi connectivity index (χ3n) is 3.44. The Balaban J connectivity index is 2.37. The molecule has 1 aliphatic rings. The van der Waals surface area contributed by atoms with Gasteiger partial charge < -0.3 is 14.4 Å². The molecule has 20 heavy (non-hydrogen) atoms. The lowest BCUT2D eigenvalue weighted by Crippen LogP contribution is -2.40. The van der Waals surface area contributed by atoms with Crippen molar-refractivity contribution in [2.24, 2.45) is 0 Å². The first-order valence-electron chi connectivity index (χ1n) is 6.80. The zero-order valence-corrected chi connectivity index (χ0v) is 11.4. The topological polar surface area (TPSA) is 72.7 Å². The lowest BCUT2D eigenvalue weighted by atomic mass is 10.0. The molecule has 1 atom stereocenters. The summed E-state index contributed by atoms with van der Waals surface area (Å²) < 4.78 is 5.38. The van der Waals surface area contributed by atoms with Crippen LogP contribution in [0.3, 0.4) is 0 Å². The monoisotopic (exact) mass is 278 g/mol. The lowest BCUT2D eigenvalue weighted by Gasteiger charge is -2.34. The molecule has 1 aliphatic heterocycles. The second-order valence-electron chi connectivity index (χ2n) is 4.77. The van der Waals surface area contributed by atoms with Crippen molar-refractivity contribution in [1.82, 2.24) is 0 Å². The van der Waals surface area contributed by atoms with Crippen LogP contribution in [0, 0.1) is 10.1 Å². The molecule has 1 aromatic carbocycles. The Kier molecular flexibility index (Phi) is 4.55. The molecular weight excluding hydrogens is 260 g/mol. The van der Waals surface area contributed by atoms with Crippen molar-refractivity contribution in [2.45, 2.75) is 32.2 Å². The number of carbonyl (C=O) groups excluding carboxylic acids is 1. The number of non-ortho nitro benzene ring substituents is 1. The van der Waals surface area contributed by atoms with Crippen LogP contribution >= 0.6 is 0 Å². The highest BCUT2D eigenvalue weighted by Gasteiger charge is 2.24. The van der Waals surface area contributed by atoms with Crippen LogP contribution in [0.5, 0.6) is 5.75 Å². The first kappa shape index (κ1) is 14.3. The van der Waals surface area contributed by atoms with Gasteiger partial charge in [0.1, 0.15) is 12.0 Å². The van der Waals surface area contributed by atoms with Gasteiger partial charge in [-0.2, -0.15) is 0 Å². The third-order valence-corrected chi connectivity index (χ3v) is 3.44. The molecule has 1 fully saturated rings. The Morgan fingerprint density at radius 3 is 2.90 bits per heavy atom. The minimum atomic E-state index is -0.439. The van der Waals surface area contributed by atoms with Crippen LogP contribution in [0.4, 0.5) is 11.4 Å². The highest BCUT2D eigenvalue weighted by atomic mass is 16.6. The van der Waals surface area contributed by atoms with Gasteiger partial charge in [0.2, 0.25) is 0 Å². The van der Waals surface area contributed by atoms with Crippen molar-refractivity contribution >= 4 is 17.7 Å². The smallest absolute Gasteiger partial charge is 0.275 e. The first-order valence-corrected chi connectivity index (χ1v) is 6.80. The van der Waals surface area contributed by atoms with Crippen LogP contribution in [-0.4, -0.2) is 30.4 Å². The van der Waals surface area contributed by atoms with E-state index in [0.717, 1.165) is 32.1 Å². The minimum Gasteiger partial charge on any atom is -0.494 e. The van der Waals surface area contributed by atoms with E-state index in [0.29, 0.717) is 18.0 Å². The van der Waals surface area contributed by atoms with Crippen molar-refractivity contribution in [3.8, 4) is 5.75 Å². The quantitative estimate of drug-likeness (QED) is 0.470. The molecule has 1 unspecified atom stereocenters. The molecule has 1 heterocycles. The van der Waals surface area contributed by atoms with Gasteiger partial charge in [0.25, 0.3) is 5.69 Å². The Morgan fingerprint density at radius 1 is 1.45 bits per heavy atom. The fourth-order valence-electron chi connectivity index (χ4n) is 2.51. The number of carbonyl (C=O) groups is 1. The molecule has 1 saturated heterocycles. The van der Waals surface area contributed by atoms with E-state index in [1.165, 1.54) is 12.1 Å². The minimum absolute atomic E-state index is 0.0128. The third kappa shape index (κ3) is 3.07. The van der Waals surface area contributed by atoms with Crippen LogP contribution in [0.15, 0.2) is 18.2 Å². The van der Waals surface area contributed by atoms with E-state index in [1.54, 1.807) is 6.07 Å². The molecule has 0 aromatic heterocycles. The maximum absolute atomic E-state index is 11.2. The average molecular weight is 278 g/mol. The van der Waals surface area contributed by atoms with Gasteiger partial charge in [0.05, 0.1) is 23.6 Å². The van der Waals surface area contributed by atoms with E-state index >= 15 is 0 Å². The largest absolute Gasteiger partial charge is 0.494 e. The molecule has 108 valence electrons. The van der Waals surface area contributed by atoms with Gasteiger partial charge in [-0.15, -0.1) is 0 Å². The molecule has 6 nitrogen and oxygen atoms in total. The summed E-state index contributed by atoms with van der Waals surface area (Å²) in [7, 11) is 0. The maximum atomic E-state index is 11.2. The molecule has 0 amide bonds. The number of aldehydes is 1. The fraction of sp³-hybridized carbons (Fsp3) is 0.500. The Labute approximate surface area is 117 Å². The summed E-state index contributed by atoms with van der Waals surface area (Å²) in [4.78, 5) is 23.7. The zero-order chi connectivity index (χ0) is 14.5. The van der Waals surface area contributed by atoms with Gasteiger partial charge in [-0.25, -0.2) is 0 Å². The van der Waals surface area contributed by atoms with E-state index in [2.05, 4.69) is 0 Å². The number of anilines is 1. The van der Waals surface area contributed by atoms with E-state index in [1.807, 2.05) is 11.8 Å². The van der Waals surface area contributed by atoms with E-state index in [4.69, 9.17) is 4.74 Å². The Bertz CT molecular complexity index is 504. The van der Waals surface area contributed by atoms with Gasteiger partial charge in [0.15, 0.2) is 0 Å². The van der Waals surface area contributed by atoms with Crippen molar-refractivity contribution in [3.05, 3.63) is 28.3 Å². The van der Waals surface area contributed by atoms with E-state index in [9.17, 15) is 14.9 Å². The highest BCUT2D eigenvalue weighted by molar-refractivity contribution is 5.68. The normalized spacial score (nSPS) is 18.6. The predicted molar refractivity (Wildman–Crippen MR) is 75.3 cm³/mol. The fourth-order valence-corrected chi connectivity index (χ4v) is 2.51. The number of rotatable bonds is 5. The van der Waals surface area contributed by atoms with Crippen LogP contribution in [0.1, 0.15) is 26.2 Å². The molecule has 0 N–H and O–H groups in total. The molecule has 0 bridgehead atoms. The van der Waals surface area contributed by atoms with E-state index < -0.39 is 4.92 Å². The second kappa shape index (κ2) is 6.36. The lowest BCUT2D eigenvalue weighted by molar-refractivity contribution is -0.384. The SMILES string of the molecule is CCOc1cc(N2CCCCC2C=O)cc([N+](=O)[O-])c1. The van der Waals surface area contributed by atoms with Crippen molar-refractivity contribution in [2.75, 3.05) is 18.1 Å². The number of benzene rings is 1. The van der Waals surface area contributed by atoms with Crippen LogP contribution in [-0.2, 0) is 4.79 Å². The van der Waals surface area contributed by atoms with Gasteiger partial charge in [0, 0.05) is 24.4 Å². The Morgan fingerprint density at radius 2 is 2.25 bits per heavy atom. The summed E-state index contributed by atoms with van der Waals surface area (Å²) in [6.07, 6.45) is 3.69. The number of nitrogens with zero attached hydrogens (tertiary/aromatic N) is 2. The second-order valence-corrected chi connectivity index (χ2v) is 4.77. The molecule has 2 rings (SSSR count). The summed E-state index contributed by atoms with van der Waals surface area (Å²) >= 11 is 0. The van der Waals surface area contributed by atoms with Crippen LogP contribution in [0.25, 0.3) is 0 Å². The number of nitro groups is 1. The number of hydrogen-bond acceptors (Lipinski definition) is 5. The summed E-state index contributed by atoms with van der Waals surface area (Å²) in [5.41, 5.74) is 0.667. The molecular formula is C14H18N2O4. The highest BCUT2D eigenvalue weighted by Crippen LogP contribution is 2.31. The average Bonchev–Trinajstić information content (AvgIpc) is 2.47. The molecule has 1 aromatic rings. The van der Waals surface area contributed by atoms with Gasteiger partial charge in [-0.1, -0.05) is 0 Å². The first-order chi connectivity index (χ1) is 9.65. The molecule has 0 radical (unpaired) electrons. The van der Waals surface area contributed by atoms with Crippen molar-refractivity contribution in [1.29, 1.82) is 0 Å². The maximum Gasteiger partial charge on any atom is 0.275 e.